The van der Waals surface area contributed by atoms with Gasteiger partial charge < -0.3 is 14.8 Å². The molecule has 0 saturated carbocycles. The Hall–Kier alpha value is -1.86. The molecule has 2 aromatic carbocycles. The van der Waals surface area contributed by atoms with Crippen LogP contribution in [0, 0.1) is 0 Å². The van der Waals surface area contributed by atoms with Crippen molar-refractivity contribution in [2.75, 3.05) is 20.5 Å². The minimum Gasteiger partial charge on any atom is -0.495 e. The molecule has 0 aliphatic carbocycles. The van der Waals surface area contributed by atoms with Crippen molar-refractivity contribution in [2.24, 2.45) is 0 Å². The molecule has 0 bridgehead atoms. The van der Waals surface area contributed by atoms with Gasteiger partial charge in [0.25, 0.3) is 5.91 Å². The van der Waals surface area contributed by atoms with Crippen LogP contribution in [0.25, 0.3) is 0 Å². The van der Waals surface area contributed by atoms with Crippen molar-refractivity contribution in [1.82, 2.24) is 5.32 Å². The SMILES string of the molecule is COc1cc(C(=O)NC(C)c2ccc(S(C)=O)cc2)cc(OC)c1Br. The van der Waals surface area contributed by atoms with E-state index >= 15 is 0 Å². The Morgan fingerprint density at radius 1 is 1.12 bits per heavy atom. The van der Waals surface area contributed by atoms with E-state index in [-0.39, 0.29) is 11.9 Å². The van der Waals surface area contributed by atoms with E-state index in [1.54, 1.807) is 30.5 Å². The summed E-state index contributed by atoms with van der Waals surface area (Å²) in [6, 6.07) is 10.4. The second-order valence-corrected chi connectivity index (χ2v) is 7.59. The van der Waals surface area contributed by atoms with Gasteiger partial charge in [0, 0.05) is 27.5 Å². The molecule has 1 amide bonds. The number of methoxy groups -OCH3 is 2. The number of hydrogen-bond acceptors (Lipinski definition) is 4. The van der Waals surface area contributed by atoms with Crippen molar-refractivity contribution in [3.05, 3.63) is 52.0 Å². The first-order chi connectivity index (χ1) is 11.9. The second-order valence-electron chi connectivity index (χ2n) is 5.41. The van der Waals surface area contributed by atoms with Crippen LogP contribution >= 0.6 is 15.9 Å². The van der Waals surface area contributed by atoms with E-state index in [2.05, 4.69) is 21.2 Å². The molecule has 0 spiro atoms. The number of benzene rings is 2. The summed E-state index contributed by atoms with van der Waals surface area (Å²) in [5.74, 6) is 0.804. The lowest BCUT2D eigenvalue weighted by Crippen LogP contribution is -2.26. The Kier molecular flexibility index (Phi) is 6.61. The third kappa shape index (κ3) is 4.61. The predicted octanol–water partition coefficient (Wildman–Crippen LogP) is 3.69. The monoisotopic (exact) mass is 425 g/mol. The van der Waals surface area contributed by atoms with Gasteiger partial charge in [0.1, 0.15) is 16.0 Å². The zero-order valence-electron chi connectivity index (χ0n) is 14.5. The molecule has 5 nitrogen and oxygen atoms in total. The molecule has 2 atom stereocenters. The van der Waals surface area contributed by atoms with Crippen LogP contribution in [0.3, 0.4) is 0 Å². The predicted molar refractivity (Wildman–Crippen MR) is 102 cm³/mol. The van der Waals surface area contributed by atoms with Crippen molar-refractivity contribution < 1.29 is 18.5 Å². The maximum Gasteiger partial charge on any atom is 0.252 e. The van der Waals surface area contributed by atoms with Gasteiger partial charge in [0.05, 0.1) is 20.3 Å². The lowest BCUT2D eigenvalue weighted by atomic mass is 10.1. The maximum absolute atomic E-state index is 12.6. The molecule has 25 heavy (non-hydrogen) atoms. The molecule has 0 aromatic heterocycles. The number of hydrogen-bond donors (Lipinski definition) is 1. The van der Waals surface area contributed by atoms with Gasteiger partial charge >= 0.3 is 0 Å². The van der Waals surface area contributed by atoms with Crippen molar-refractivity contribution in [3.63, 3.8) is 0 Å². The number of amides is 1. The molecule has 134 valence electrons. The van der Waals surface area contributed by atoms with E-state index in [1.165, 1.54) is 14.2 Å². The zero-order valence-corrected chi connectivity index (χ0v) is 16.9. The highest BCUT2D eigenvalue weighted by molar-refractivity contribution is 9.10. The van der Waals surface area contributed by atoms with Gasteiger partial charge in [-0.2, -0.15) is 0 Å². The molecular weight excluding hydrogens is 406 g/mol. The lowest BCUT2D eigenvalue weighted by Gasteiger charge is -2.16. The van der Waals surface area contributed by atoms with Gasteiger partial charge in [-0.3, -0.25) is 9.00 Å². The van der Waals surface area contributed by atoms with E-state index < -0.39 is 10.8 Å². The van der Waals surface area contributed by atoms with Gasteiger partial charge in [0.2, 0.25) is 0 Å². The summed E-state index contributed by atoms with van der Waals surface area (Å²) in [4.78, 5) is 13.3. The average molecular weight is 426 g/mol. The zero-order chi connectivity index (χ0) is 18.6. The Bertz CT molecular complexity index is 767. The number of rotatable bonds is 6. The first-order valence-electron chi connectivity index (χ1n) is 7.53. The van der Waals surface area contributed by atoms with Crippen molar-refractivity contribution in [2.45, 2.75) is 17.9 Å². The Morgan fingerprint density at radius 2 is 1.64 bits per heavy atom. The van der Waals surface area contributed by atoms with Crippen LogP contribution < -0.4 is 14.8 Å². The maximum atomic E-state index is 12.6. The smallest absolute Gasteiger partial charge is 0.252 e. The Morgan fingerprint density at radius 3 is 2.08 bits per heavy atom. The van der Waals surface area contributed by atoms with Crippen LogP contribution in [0.4, 0.5) is 0 Å². The van der Waals surface area contributed by atoms with E-state index in [0.717, 1.165) is 10.5 Å². The highest BCUT2D eigenvalue weighted by atomic mass is 79.9. The molecule has 2 rings (SSSR count). The molecule has 7 heteroatoms. The minimum absolute atomic E-state index is 0.201. The standard InChI is InChI=1S/C18H20BrNO4S/c1-11(12-5-7-14(8-6-12)25(4)22)20-18(21)13-9-15(23-2)17(19)16(10-13)24-3/h5-11H,1-4H3,(H,20,21). The fraction of sp³-hybridized carbons (Fsp3) is 0.278. The summed E-state index contributed by atoms with van der Waals surface area (Å²) >= 11 is 3.38. The topological polar surface area (TPSA) is 64.6 Å². The van der Waals surface area contributed by atoms with Crippen LogP contribution in [0.15, 0.2) is 45.8 Å². The minimum atomic E-state index is -1.02. The lowest BCUT2D eigenvalue weighted by molar-refractivity contribution is 0.0939. The largest absolute Gasteiger partial charge is 0.495 e. The number of nitrogens with one attached hydrogen (secondary N) is 1. The number of carbonyl (C=O) groups excluding carboxylic acids is 1. The molecule has 0 aliphatic heterocycles. The van der Waals surface area contributed by atoms with E-state index in [9.17, 15) is 9.00 Å². The van der Waals surface area contributed by atoms with Gasteiger partial charge in [-0.05, 0) is 52.7 Å². The Balaban J connectivity index is 2.19. The van der Waals surface area contributed by atoms with Crippen molar-refractivity contribution >= 4 is 32.6 Å². The number of carbonyl (C=O) groups is 1. The summed E-state index contributed by atoms with van der Waals surface area (Å²) in [7, 11) is 2.04. The molecule has 2 unspecified atom stereocenters. The highest BCUT2D eigenvalue weighted by Crippen LogP contribution is 2.35. The van der Waals surface area contributed by atoms with Crippen LogP contribution in [0.1, 0.15) is 28.9 Å². The number of ether oxygens (including phenoxy) is 2. The van der Waals surface area contributed by atoms with Crippen LogP contribution in [-0.4, -0.2) is 30.6 Å². The van der Waals surface area contributed by atoms with Crippen LogP contribution in [-0.2, 0) is 10.8 Å². The summed E-state index contributed by atoms with van der Waals surface area (Å²) in [6.07, 6.45) is 1.63. The number of halogens is 1. The van der Waals surface area contributed by atoms with E-state index in [1.807, 2.05) is 19.1 Å². The van der Waals surface area contributed by atoms with Crippen molar-refractivity contribution in [1.29, 1.82) is 0 Å². The molecule has 0 heterocycles. The van der Waals surface area contributed by atoms with Crippen LogP contribution in [0.2, 0.25) is 0 Å². The molecule has 0 saturated heterocycles. The third-order valence-electron chi connectivity index (χ3n) is 3.77. The summed E-state index contributed by atoms with van der Waals surface area (Å²) in [6.45, 7) is 1.89. The fourth-order valence-corrected chi connectivity index (χ4v) is 3.38. The fourth-order valence-electron chi connectivity index (χ4n) is 2.31. The highest BCUT2D eigenvalue weighted by Gasteiger charge is 2.17. The third-order valence-corrected chi connectivity index (χ3v) is 5.49. The molecule has 2 aromatic rings. The van der Waals surface area contributed by atoms with Crippen molar-refractivity contribution in [3.8, 4) is 11.5 Å². The van der Waals surface area contributed by atoms with Gasteiger partial charge in [0.15, 0.2) is 0 Å². The first-order valence-corrected chi connectivity index (χ1v) is 9.88. The Labute approximate surface area is 158 Å². The average Bonchev–Trinajstić information content (AvgIpc) is 2.61. The molecular formula is C18H20BrNO4S. The van der Waals surface area contributed by atoms with E-state index in [4.69, 9.17) is 9.47 Å². The van der Waals surface area contributed by atoms with Gasteiger partial charge in [-0.1, -0.05) is 12.1 Å². The quantitative estimate of drug-likeness (QED) is 0.765. The summed E-state index contributed by atoms with van der Waals surface area (Å²) in [5.41, 5.74) is 1.37. The normalized spacial score (nSPS) is 13.0. The molecule has 0 aliphatic rings. The summed E-state index contributed by atoms with van der Waals surface area (Å²) < 4.78 is 22.6. The first kappa shape index (κ1) is 19.5. The van der Waals surface area contributed by atoms with Gasteiger partial charge in [-0.15, -0.1) is 0 Å². The van der Waals surface area contributed by atoms with Crippen LogP contribution in [0.5, 0.6) is 11.5 Å². The molecule has 1 N–H and O–H groups in total. The van der Waals surface area contributed by atoms with Gasteiger partial charge in [-0.25, -0.2) is 0 Å². The summed E-state index contributed by atoms with van der Waals surface area (Å²) in [5, 5.41) is 2.94. The van der Waals surface area contributed by atoms with E-state index in [0.29, 0.717) is 21.5 Å². The molecule has 0 fully saturated rings. The molecule has 0 radical (unpaired) electrons. The second kappa shape index (κ2) is 8.49.